The van der Waals surface area contributed by atoms with Gasteiger partial charge >= 0.3 is 0 Å². The summed E-state index contributed by atoms with van der Waals surface area (Å²) in [5.74, 6) is 0. The summed E-state index contributed by atoms with van der Waals surface area (Å²) in [7, 11) is 0. The van der Waals surface area contributed by atoms with Gasteiger partial charge in [-0.1, -0.05) is 176 Å². The van der Waals surface area contributed by atoms with Crippen molar-refractivity contribution < 1.29 is 4.42 Å². The van der Waals surface area contributed by atoms with Crippen molar-refractivity contribution in [1.29, 1.82) is 0 Å². The third kappa shape index (κ3) is 4.58. The molecule has 0 aliphatic carbocycles. The maximum Gasteiger partial charge on any atom is 0.136 e. The monoisotopic (exact) mass is 672 g/mol. The number of fused-ring (bicyclic) bond motifs is 7. The number of para-hydroxylation sites is 1. The molecule has 0 fully saturated rings. The molecule has 0 bridgehead atoms. The maximum atomic E-state index is 6.62. The van der Waals surface area contributed by atoms with Crippen LogP contribution in [0, 0.1) is 0 Å². The van der Waals surface area contributed by atoms with Crippen molar-refractivity contribution in [2.24, 2.45) is 0 Å². The molecule has 0 radical (unpaired) electrons. The van der Waals surface area contributed by atoms with Gasteiger partial charge in [0.05, 0.1) is 0 Å². The molecule has 11 rings (SSSR count). The topological polar surface area (TPSA) is 13.1 Å². The molecular weight excluding hydrogens is 641 g/mol. The molecule has 1 heterocycles. The SMILES string of the molecule is c1ccc(-c2cc(-c3c4ccccc4c(-c4ccc(-c5cccc6ccccc56)c5ccccc45)c4ccccc34)c3c(c2)oc2ccccc23)cc1. The van der Waals surface area contributed by atoms with Gasteiger partial charge in [-0.15, -0.1) is 0 Å². The van der Waals surface area contributed by atoms with Crippen molar-refractivity contribution in [3.8, 4) is 44.5 Å². The van der Waals surface area contributed by atoms with Crippen LogP contribution in [0.4, 0.5) is 0 Å². The van der Waals surface area contributed by atoms with E-state index in [9.17, 15) is 0 Å². The summed E-state index contributed by atoms with van der Waals surface area (Å²) in [6.45, 7) is 0. The van der Waals surface area contributed by atoms with E-state index < -0.39 is 0 Å². The van der Waals surface area contributed by atoms with Crippen LogP contribution in [0.25, 0.3) is 110 Å². The molecule has 11 aromatic rings. The van der Waals surface area contributed by atoms with Crippen molar-refractivity contribution in [1.82, 2.24) is 0 Å². The molecule has 0 N–H and O–H groups in total. The number of hydrogen-bond donors (Lipinski definition) is 0. The van der Waals surface area contributed by atoms with Crippen LogP contribution in [0.5, 0.6) is 0 Å². The lowest BCUT2D eigenvalue weighted by Gasteiger charge is -2.20. The largest absolute Gasteiger partial charge is 0.456 e. The van der Waals surface area contributed by atoms with Crippen LogP contribution < -0.4 is 0 Å². The molecule has 0 atom stereocenters. The third-order valence-corrected chi connectivity index (χ3v) is 11.1. The molecule has 53 heavy (non-hydrogen) atoms. The molecule has 246 valence electrons. The van der Waals surface area contributed by atoms with Crippen molar-refractivity contribution >= 4 is 65.0 Å². The Morgan fingerprint density at radius 1 is 0.264 bits per heavy atom. The molecule has 0 aliphatic rings. The summed E-state index contributed by atoms with van der Waals surface area (Å²) in [5.41, 5.74) is 11.5. The first-order chi connectivity index (χ1) is 26.3. The van der Waals surface area contributed by atoms with E-state index >= 15 is 0 Å². The lowest BCUT2D eigenvalue weighted by atomic mass is 9.82. The maximum absolute atomic E-state index is 6.62. The molecule has 1 aromatic heterocycles. The Labute approximate surface area is 307 Å². The molecule has 1 nitrogen and oxygen atoms in total. The minimum absolute atomic E-state index is 0.898. The summed E-state index contributed by atoms with van der Waals surface area (Å²) in [6, 6.07) is 70.5. The number of benzene rings is 10. The zero-order chi connectivity index (χ0) is 34.9. The van der Waals surface area contributed by atoms with Crippen LogP contribution in [0.1, 0.15) is 0 Å². The number of rotatable bonds is 4. The van der Waals surface area contributed by atoms with Crippen LogP contribution in [0.2, 0.25) is 0 Å². The van der Waals surface area contributed by atoms with Crippen molar-refractivity contribution in [2.45, 2.75) is 0 Å². The molecule has 0 amide bonds. The van der Waals surface area contributed by atoms with Crippen molar-refractivity contribution in [3.63, 3.8) is 0 Å². The van der Waals surface area contributed by atoms with Gasteiger partial charge in [-0.05, 0) is 106 Å². The third-order valence-electron chi connectivity index (χ3n) is 11.1. The van der Waals surface area contributed by atoms with Gasteiger partial charge in [0.25, 0.3) is 0 Å². The highest BCUT2D eigenvalue weighted by Crippen LogP contribution is 2.49. The second kappa shape index (κ2) is 11.8. The Bertz CT molecular complexity index is 3160. The first-order valence-electron chi connectivity index (χ1n) is 18.3. The van der Waals surface area contributed by atoms with Gasteiger partial charge < -0.3 is 4.42 Å². The zero-order valence-corrected chi connectivity index (χ0v) is 28.9. The van der Waals surface area contributed by atoms with Gasteiger partial charge in [-0.25, -0.2) is 0 Å². The minimum atomic E-state index is 0.898. The van der Waals surface area contributed by atoms with Gasteiger partial charge in [0, 0.05) is 10.8 Å². The fraction of sp³-hybridized carbons (Fsp3) is 0. The summed E-state index contributed by atoms with van der Waals surface area (Å²) >= 11 is 0. The molecule has 1 heteroatoms. The summed E-state index contributed by atoms with van der Waals surface area (Å²) in [5, 5.41) is 12.2. The molecular formula is C52H32O. The van der Waals surface area contributed by atoms with E-state index in [1.807, 2.05) is 0 Å². The highest BCUT2D eigenvalue weighted by atomic mass is 16.3. The van der Waals surface area contributed by atoms with E-state index in [0.717, 1.165) is 27.5 Å². The molecule has 0 aliphatic heterocycles. The zero-order valence-electron chi connectivity index (χ0n) is 28.9. The van der Waals surface area contributed by atoms with Gasteiger partial charge in [0.2, 0.25) is 0 Å². The highest BCUT2D eigenvalue weighted by molar-refractivity contribution is 6.27. The van der Waals surface area contributed by atoms with Crippen molar-refractivity contribution in [3.05, 3.63) is 194 Å². The predicted octanol–water partition coefficient (Wildman–Crippen LogP) is 14.9. The number of hydrogen-bond acceptors (Lipinski definition) is 1. The Hall–Kier alpha value is -6.96. The molecule has 0 unspecified atom stereocenters. The van der Waals surface area contributed by atoms with E-state index in [2.05, 4.69) is 194 Å². The minimum Gasteiger partial charge on any atom is -0.456 e. The standard InChI is InChI=1S/C52H32O/c1-2-15-33(16-3-1)35-31-47(52-46-26-12-13-28-48(46)53-49(52)32-35)51-43-24-10-8-22-41(43)50(42-23-9-11-25-44(42)51)45-30-29-40(38-20-6-7-21-39(38)45)37-27-14-18-34-17-4-5-19-36(34)37/h1-32H. The van der Waals surface area contributed by atoms with Crippen LogP contribution >= 0.6 is 0 Å². The lowest BCUT2D eigenvalue weighted by Crippen LogP contribution is -1.93. The lowest BCUT2D eigenvalue weighted by molar-refractivity contribution is 0.669. The highest BCUT2D eigenvalue weighted by Gasteiger charge is 2.22. The van der Waals surface area contributed by atoms with E-state index in [-0.39, 0.29) is 0 Å². The van der Waals surface area contributed by atoms with Gasteiger partial charge in [-0.3, -0.25) is 0 Å². The smallest absolute Gasteiger partial charge is 0.136 e. The average Bonchev–Trinajstić information content (AvgIpc) is 3.61. The molecule has 0 spiro atoms. The molecule has 0 saturated heterocycles. The molecule has 10 aromatic carbocycles. The van der Waals surface area contributed by atoms with Crippen LogP contribution in [-0.2, 0) is 0 Å². The van der Waals surface area contributed by atoms with Crippen molar-refractivity contribution in [2.75, 3.05) is 0 Å². The summed E-state index contributed by atoms with van der Waals surface area (Å²) in [4.78, 5) is 0. The normalized spacial score (nSPS) is 11.8. The van der Waals surface area contributed by atoms with Crippen LogP contribution in [0.3, 0.4) is 0 Å². The summed E-state index contributed by atoms with van der Waals surface area (Å²) in [6.07, 6.45) is 0. The fourth-order valence-electron chi connectivity index (χ4n) is 8.77. The second-order valence-electron chi connectivity index (χ2n) is 13.9. The average molecular weight is 673 g/mol. The van der Waals surface area contributed by atoms with E-state index in [0.29, 0.717) is 0 Å². The van der Waals surface area contributed by atoms with Crippen LogP contribution in [0.15, 0.2) is 199 Å². The van der Waals surface area contributed by atoms with Gasteiger partial charge in [-0.2, -0.15) is 0 Å². The Morgan fingerprint density at radius 3 is 1.45 bits per heavy atom. The molecule has 0 saturated carbocycles. The quantitative estimate of drug-likeness (QED) is 0.170. The van der Waals surface area contributed by atoms with Crippen LogP contribution in [-0.4, -0.2) is 0 Å². The Balaban J connectivity index is 1.25. The first-order valence-corrected chi connectivity index (χ1v) is 18.3. The second-order valence-corrected chi connectivity index (χ2v) is 13.9. The Kier molecular flexibility index (Phi) is 6.62. The summed E-state index contributed by atoms with van der Waals surface area (Å²) < 4.78 is 6.62. The Morgan fingerprint density at radius 2 is 0.755 bits per heavy atom. The predicted molar refractivity (Wildman–Crippen MR) is 225 cm³/mol. The van der Waals surface area contributed by atoms with E-state index in [4.69, 9.17) is 4.42 Å². The van der Waals surface area contributed by atoms with E-state index in [1.54, 1.807) is 0 Å². The first kappa shape index (κ1) is 29.7. The number of furan rings is 1. The van der Waals surface area contributed by atoms with E-state index in [1.165, 1.54) is 82.0 Å². The fourth-order valence-corrected chi connectivity index (χ4v) is 8.77. The van der Waals surface area contributed by atoms with Gasteiger partial charge in [0.1, 0.15) is 11.2 Å². The van der Waals surface area contributed by atoms with Gasteiger partial charge in [0.15, 0.2) is 0 Å².